The highest BCUT2D eigenvalue weighted by molar-refractivity contribution is 5.29. The van der Waals surface area contributed by atoms with Gasteiger partial charge >= 0.3 is 0 Å². The molecular weight excluding hydrogens is 228 g/mol. The largest absolute Gasteiger partial charge is 0.383 e. The van der Waals surface area contributed by atoms with Crippen LogP contribution >= 0.6 is 0 Å². The second-order valence-electron chi connectivity index (χ2n) is 5.14. The van der Waals surface area contributed by atoms with E-state index in [1.165, 1.54) is 11.3 Å². The number of hydrogen-bond acceptors (Lipinski definition) is 3. The zero-order valence-corrected chi connectivity index (χ0v) is 11.2. The summed E-state index contributed by atoms with van der Waals surface area (Å²) in [5, 5.41) is 0. The smallest absolute Gasteiger partial charge is 0.255 e. The van der Waals surface area contributed by atoms with Crippen molar-refractivity contribution < 1.29 is 4.74 Å². The number of rotatable bonds is 4. The molecule has 0 fully saturated rings. The third kappa shape index (κ3) is 2.49. The van der Waals surface area contributed by atoms with Gasteiger partial charge in [0.05, 0.1) is 6.61 Å². The number of ether oxygens (including phenoxy) is 1. The molecule has 0 radical (unpaired) electrons. The van der Waals surface area contributed by atoms with Crippen LogP contribution in [0.1, 0.15) is 30.2 Å². The summed E-state index contributed by atoms with van der Waals surface area (Å²) in [4.78, 5) is 12.3. The van der Waals surface area contributed by atoms with Crippen LogP contribution in [0.15, 0.2) is 10.9 Å². The minimum absolute atomic E-state index is 0.0582. The van der Waals surface area contributed by atoms with E-state index in [9.17, 15) is 4.79 Å². The molecule has 1 aliphatic rings. The highest BCUT2D eigenvalue weighted by Crippen LogP contribution is 2.24. The van der Waals surface area contributed by atoms with Gasteiger partial charge in [-0.2, -0.15) is 0 Å². The zero-order valence-electron chi connectivity index (χ0n) is 11.2. The molecule has 0 spiro atoms. The molecule has 1 heterocycles. The topological polar surface area (TPSA) is 57.2 Å². The third-order valence-electron chi connectivity index (χ3n) is 3.75. The summed E-state index contributed by atoms with van der Waals surface area (Å²) in [6.07, 6.45) is 3.19. The van der Waals surface area contributed by atoms with Crippen LogP contribution in [-0.4, -0.2) is 18.3 Å². The average molecular weight is 250 g/mol. The summed E-state index contributed by atoms with van der Waals surface area (Å²) in [7, 11) is 1.66. The van der Waals surface area contributed by atoms with Gasteiger partial charge in [0.25, 0.3) is 5.56 Å². The number of hydrogen-bond donors (Lipinski definition) is 1. The summed E-state index contributed by atoms with van der Waals surface area (Å²) in [6, 6.07) is 2.01. The van der Waals surface area contributed by atoms with E-state index in [1.807, 2.05) is 10.6 Å². The van der Waals surface area contributed by atoms with Crippen LogP contribution in [0.4, 0.5) is 0 Å². The number of pyridine rings is 1. The Morgan fingerprint density at radius 2 is 2.33 bits per heavy atom. The lowest BCUT2D eigenvalue weighted by atomic mass is 9.87. The molecular formula is C14H22N2O2. The lowest BCUT2D eigenvalue weighted by molar-refractivity contribution is 0.184. The lowest BCUT2D eigenvalue weighted by Crippen LogP contribution is -2.32. The highest BCUT2D eigenvalue weighted by Gasteiger charge is 2.20. The van der Waals surface area contributed by atoms with E-state index in [2.05, 4.69) is 6.92 Å². The van der Waals surface area contributed by atoms with Gasteiger partial charge in [-0.25, -0.2) is 0 Å². The molecule has 0 amide bonds. The van der Waals surface area contributed by atoms with Crippen LogP contribution < -0.4 is 11.3 Å². The van der Waals surface area contributed by atoms with Crippen LogP contribution in [-0.2, 0) is 30.7 Å². The van der Waals surface area contributed by atoms with Crippen molar-refractivity contribution in [2.75, 3.05) is 13.7 Å². The fourth-order valence-electron chi connectivity index (χ4n) is 2.72. The molecule has 2 N–H and O–H groups in total. The van der Waals surface area contributed by atoms with Gasteiger partial charge in [-0.15, -0.1) is 0 Å². The number of fused-ring (bicyclic) bond motifs is 1. The number of nitrogens with zero attached hydrogens (tertiary/aromatic N) is 1. The van der Waals surface area contributed by atoms with E-state index in [4.69, 9.17) is 10.5 Å². The fourth-order valence-corrected chi connectivity index (χ4v) is 2.72. The molecule has 1 aromatic rings. The summed E-state index contributed by atoms with van der Waals surface area (Å²) in [5.41, 5.74) is 8.93. The van der Waals surface area contributed by atoms with E-state index in [0.717, 1.165) is 24.8 Å². The van der Waals surface area contributed by atoms with Gasteiger partial charge in [0.1, 0.15) is 0 Å². The molecule has 0 saturated heterocycles. The Labute approximate surface area is 108 Å². The molecule has 4 nitrogen and oxygen atoms in total. The molecule has 1 aromatic heterocycles. The first-order valence-corrected chi connectivity index (χ1v) is 6.60. The molecule has 100 valence electrons. The maximum Gasteiger partial charge on any atom is 0.255 e. The van der Waals surface area contributed by atoms with Crippen molar-refractivity contribution >= 4 is 0 Å². The minimum Gasteiger partial charge on any atom is -0.383 e. The van der Waals surface area contributed by atoms with Crippen molar-refractivity contribution in [3.63, 3.8) is 0 Å². The van der Waals surface area contributed by atoms with Crippen LogP contribution in [0.2, 0.25) is 0 Å². The molecule has 0 bridgehead atoms. The van der Waals surface area contributed by atoms with Crippen LogP contribution in [0, 0.1) is 5.92 Å². The Kier molecular flexibility index (Phi) is 4.19. The normalized spacial score (nSPS) is 18.7. The Bertz CT molecular complexity index is 479. The van der Waals surface area contributed by atoms with Gasteiger partial charge in [-0.3, -0.25) is 4.79 Å². The molecule has 2 rings (SSSR count). The molecule has 4 heteroatoms. The molecule has 1 aliphatic carbocycles. The molecule has 18 heavy (non-hydrogen) atoms. The number of nitrogens with two attached hydrogens (primary N) is 1. The van der Waals surface area contributed by atoms with E-state index in [1.54, 1.807) is 7.11 Å². The Morgan fingerprint density at radius 1 is 1.56 bits per heavy atom. The van der Waals surface area contributed by atoms with Crippen LogP contribution in [0.3, 0.4) is 0 Å². The second-order valence-corrected chi connectivity index (χ2v) is 5.14. The van der Waals surface area contributed by atoms with Crippen LogP contribution in [0.25, 0.3) is 0 Å². The Balaban J connectivity index is 2.47. The first-order chi connectivity index (χ1) is 8.67. The quantitative estimate of drug-likeness (QED) is 0.870. The van der Waals surface area contributed by atoms with Crippen molar-refractivity contribution in [2.45, 2.75) is 39.3 Å². The van der Waals surface area contributed by atoms with Crippen molar-refractivity contribution in [1.29, 1.82) is 0 Å². The predicted molar refractivity (Wildman–Crippen MR) is 71.7 cm³/mol. The zero-order chi connectivity index (χ0) is 13.1. The fraction of sp³-hybridized carbons (Fsp3) is 0.643. The summed E-state index contributed by atoms with van der Waals surface area (Å²) in [6.45, 7) is 3.76. The first kappa shape index (κ1) is 13.3. The van der Waals surface area contributed by atoms with Gasteiger partial charge in [0.2, 0.25) is 0 Å². The van der Waals surface area contributed by atoms with Crippen molar-refractivity contribution in [1.82, 2.24) is 4.57 Å². The van der Waals surface area contributed by atoms with Crippen molar-refractivity contribution in [3.05, 3.63) is 33.2 Å². The van der Waals surface area contributed by atoms with E-state index in [-0.39, 0.29) is 5.56 Å². The van der Waals surface area contributed by atoms with Gasteiger partial charge < -0.3 is 15.0 Å². The highest BCUT2D eigenvalue weighted by atomic mass is 16.5. The maximum atomic E-state index is 12.3. The van der Waals surface area contributed by atoms with E-state index in [0.29, 0.717) is 25.6 Å². The van der Waals surface area contributed by atoms with Crippen molar-refractivity contribution in [3.8, 4) is 0 Å². The van der Waals surface area contributed by atoms with E-state index < -0.39 is 0 Å². The third-order valence-corrected chi connectivity index (χ3v) is 3.75. The molecule has 0 saturated carbocycles. The SMILES string of the molecule is COCCn1c2c(cc(CN)c1=O)CC(C)CC2. The average Bonchev–Trinajstić information content (AvgIpc) is 2.37. The van der Waals surface area contributed by atoms with Gasteiger partial charge in [-0.1, -0.05) is 6.92 Å². The molecule has 0 aliphatic heterocycles. The predicted octanol–water partition coefficient (Wildman–Crippen LogP) is 1.08. The molecule has 1 atom stereocenters. The maximum absolute atomic E-state index is 12.3. The first-order valence-electron chi connectivity index (χ1n) is 6.60. The molecule has 0 aromatic carbocycles. The van der Waals surface area contributed by atoms with Crippen LogP contribution in [0.5, 0.6) is 0 Å². The summed E-state index contributed by atoms with van der Waals surface area (Å²) in [5.74, 6) is 0.691. The van der Waals surface area contributed by atoms with Gasteiger partial charge in [0.15, 0.2) is 0 Å². The van der Waals surface area contributed by atoms with Gasteiger partial charge in [-0.05, 0) is 36.8 Å². The summed E-state index contributed by atoms with van der Waals surface area (Å²) < 4.78 is 6.96. The monoisotopic (exact) mass is 250 g/mol. The standard InChI is InChI=1S/C14H22N2O2/c1-10-3-4-13-11(7-10)8-12(9-15)14(17)16(13)5-6-18-2/h8,10H,3-7,9,15H2,1-2H3. The minimum atomic E-state index is 0.0582. The van der Waals surface area contributed by atoms with E-state index >= 15 is 0 Å². The second kappa shape index (κ2) is 5.67. The lowest BCUT2D eigenvalue weighted by Gasteiger charge is -2.25. The number of methoxy groups -OCH3 is 1. The Hall–Kier alpha value is -1.13. The van der Waals surface area contributed by atoms with Crippen molar-refractivity contribution in [2.24, 2.45) is 11.7 Å². The Morgan fingerprint density at radius 3 is 3.00 bits per heavy atom. The van der Waals surface area contributed by atoms with Gasteiger partial charge in [0, 0.05) is 31.5 Å². The molecule has 1 unspecified atom stereocenters. The number of aromatic nitrogens is 1. The summed E-state index contributed by atoms with van der Waals surface area (Å²) >= 11 is 0.